The second-order valence-electron chi connectivity index (χ2n) is 11.1. The minimum Gasteiger partial charge on any atom is -0.491 e. The number of ketones is 1. The van der Waals surface area contributed by atoms with Crippen LogP contribution < -0.4 is 19.7 Å². The fourth-order valence-corrected chi connectivity index (χ4v) is 4.96. The number of aromatic nitrogens is 2. The molecule has 0 bridgehead atoms. The van der Waals surface area contributed by atoms with E-state index in [-0.39, 0.29) is 5.78 Å². The molecule has 45 heavy (non-hydrogen) atoms. The molecule has 0 aliphatic carbocycles. The largest absolute Gasteiger partial charge is 0.491 e. The van der Waals surface area contributed by atoms with E-state index in [2.05, 4.69) is 57.8 Å². The summed E-state index contributed by atoms with van der Waals surface area (Å²) < 4.78 is 12.4. The van der Waals surface area contributed by atoms with E-state index in [9.17, 15) is 4.79 Å². The molecule has 0 saturated heterocycles. The van der Waals surface area contributed by atoms with Crippen LogP contribution in [0.5, 0.6) is 11.5 Å². The number of hydrogen-bond donors (Lipinski definition) is 1. The number of nitrogens with one attached hydrogen (secondary N) is 1. The Balaban J connectivity index is 0.000000854. The number of anilines is 3. The molecule has 0 spiro atoms. The summed E-state index contributed by atoms with van der Waals surface area (Å²) in [6, 6.07) is 10.3. The zero-order valence-electron chi connectivity index (χ0n) is 27.2. The van der Waals surface area contributed by atoms with E-state index in [1.54, 1.807) is 12.5 Å². The molecule has 0 fully saturated rings. The first-order chi connectivity index (χ1) is 21.8. The number of rotatable bonds is 9. The van der Waals surface area contributed by atoms with Gasteiger partial charge in [-0.15, -0.1) is 0 Å². The van der Waals surface area contributed by atoms with Crippen molar-refractivity contribution in [3.8, 4) is 11.5 Å². The number of benzene rings is 2. The van der Waals surface area contributed by atoms with E-state index in [4.69, 9.17) is 9.47 Å². The molecule has 0 radical (unpaired) electrons. The van der Waals surface area contributed by atoms with Crippen molar-refractivity contribution < 1.29 is 14.3 Å². The molecule has 9 heteroatoms. The summed E-state index contributed by atoms with van der Waals surface area (Å²) in [6.07, 6.45) is 14.7. The first-order valence-electron chi connectivity index (χ1n) is 15.4. The Labute approximate surface area is 266 Å². The minimum atomic E-state index is 0.0185. The molecule has 0 saturated carbocycles. The van der Waals surface area contributed by atoms with Crippen LogP contribution in [0.25, 0.3) is 10.9 Å². The highest BCUT2D eigenvalue weighted by molar-refractivity contribution is 5.95. The zero-order chi connectivity index (χ0) is 32.3. The summed E-state index contributed by atoms with van der Waals surface area (Å²) in [5.74, 6) is 3.68. The second kappa shape index (κ2) is 15.7. The molecule has 5 rings (SSSR count). The Morgan fingerprint density at radius 1 is 1.24 bits per heavy atom. The Bertz CT molecular complexity index is 1640. The fourth-order valence-electron chi connectivity index (χ4n) is 4.96. The molecule has 2 aliphatic rings. The lowest BCUT2D eigenvalue weighted by Crippen LogP contribution is -2.29. The zero-order valence-corrected chi connectivity index (χ0v) is 27.2. The first-order valence-corrected chi connectivity index (χ1v) is 15.4. The normalized spacial score (nSPS) is 16.8. The van der Waals surface area contributed by atoms with Gasteiger partial charge >= 0.3 is 0 Å². The smallest absolute Gasteiger partial charge is 0.152 e. The van der Waals surface area contributed by atoms with Crippen molar-refractivity contribution in [2.45, 2.75) is 54.4 Å². The van der Waals surface area contributed by atoms with Gasteiger partial charge < -0.3 is 19.7 Å². The Morgan fingerprint density at radius 2 is 2.04 bits per heavy atom. The Morgan fingerprint density at radius 3 is 2.73 bits per heavy atom. The maximum atomic E-state index is 9.69. The monoisotopic (exact) mass is 608 g/mol. The van der Waals surface area contributed by atoms with Crippen LogP contribution in [0, 0.1) is 12.8 Å². The molecule has 1 unspecified atom stereocenters. The number of hydrogen-bond acceptors (Lipinski definition) is 9. The van der Waals surface area contributed by atoms with Crippen LogP contribution in [-0.4, -0.2) is 46.7 Å². The summed E-state index contributed by atoms with van der Waals surface area (Å²) in [4.78, 5) is 21.3. The van der Waals surface area contributed by atoms with E-state index in [1.165, 1.54) is 13.0 Å². The summed E-state index contributed by atoms with van der Waals surface area (Å²) >= 11 is 0. The summed E-state index contributed by atoms with van der Waals surface area (Å²) in [7, 11) is 0. The van der Waals surface area contributed by atoms with Gasteiger partial charge in [0.05, 0.1) is 23.5 Å². The van der Waals surface area contributed by atoms with Gasteiger partial charge in [-0.2, -0.15) is 5.10 Å². The number of nitrogens with zero attached hydrogens (tertiary/aromatic N) is 5. The highest BCUT2D eigenvalue weighted by atomic mass is 16.5. The minimum absolute atomic E-state index is 0.0185. The van der Waals surface area contributed by atoms with Crippen LogP contribution in [0.3, 0.4) is 0 Å². The number of ether oxygens (including phenoxy) is 2. The third kappa shape index (κ3) is 8.59. The number of unbranched alkanes of at least 4 members (excludes halogenated alkanes) is 1. The number of carbonyl (C=O) groups excluding carboxylic acids is 1. The van der Waals surface area contributed by atoms with Gasteiger partial charge in [0.25, 0.3) is 0 Å². The van der Waals surface area contributed by atoms with Gasteiger partial charge in [-0.05, 0) is 76.1 Å². The lowest BCUT2D eigenvalue weighted by atomic mass is 10.1. The molecule has 3 aromatic rings. The predicted octanol–water partition coefficient (Wildman–Crippen LogP) is 8.08. The lowest BCUT2D eigenvalue weighted by molar-refractivity contribution is -0.112. The number of fused-ring (bicyclic) bond motifs is 2. The molecule has 0 amide bonds. The third-order valence-electron chi connectivity index (χ3n) is 7.32. The van der Waals surface area contributed by atoms with Crippen molar-refractivity contribution in [3.63, 3.8) is 0 Å². The van der Waals surface area contributed by atoms with Gasteiger partial charge in [0.1, 0.15) is 29.4 Å². The number of aryl methyl sites for hydroxylation is 1. The molecule has 1 aromatic heterocycles. The molecule has 1 N–H and O–H groups in total. The Kier molecular flexibility index (Phi) is 11.5. The van der Waals surface area contributed by atoms with Gasteiger partial charge in [-0.25, -0.2) is 15.0 Å². The van der Waals surface area contributed by atoms with Gasteiger partial charge in [0.2, 0.25) is 0 Å². The van der Waals surface area contributed by atoms with E-state index < -0.39 is 0 Å². The van der Waals surface area contributed by atoms with E-state index in [1.807, 2.05) is 68.4 Å². The number of hydrazone groups is 1. The third-order valence-corrected chi connectivity index (χ3v) is 7.32. The van der Waals surface area contributed by atoms with Crippen molar-refractivity contribution in [1.82, 2.24) is 15.0 Å². The number of carbonyl (C=O) groups is 1. The molecular formula is C36H44N6O3. The Hall–Kier alpha value is -4.92. The standard InChI is InChI=1S/C32H38N6O2.C4H6O/c1-6-9-13-37-19-22(4)20-39-31-18-28-27(17-29(31)37)32(34-21-33-28)36-24-10-11-30(23(5)15-24)40-26-12-14-38(35-8-3)25(7-2)16-26;1-3-4(2)5/h7-8,10-12,14-18,21-22H,6,9,13,19-20H2,1-5H3,(H,33,34,36);3H,1H2,2H3/b25-7?,35-8-;. The average molecular weight is 609 g/mol. The second-order valence-corrected chi connectivity index (χ2v) is 11.1. The van der Waals surface area contributed by atoms with Crippen molar-refractivity contribution in [2.24, 2.45) is 11.0 Å². The van der Waals surface area contributed by atoms with Crippen LogP contribution >= 0.6 is 0 Å². The molecule has 1 atom stereocenters. The molecule has 9 nitrogen and oxygen atoms in total. The van der Waals surface area contributed by atoms with Crippen molar-refractivity contribution in [3.05, 3.63) is 90.8 Å². The van der Waals surface area contributed by atoms with E-state index in [0.717, 1.165) is 82.5 Å². The van der Waals surface area contributed by atoms with Crippen LogP contribution in [0.4, 0.5) is 17.2 Å². The average Bonchev–Trinajstić information content (AvgIpc) is 3.19. The first kappa shape index (κ1) is 33.0. The van der Waals surface area contributed by atoms with Crippen LogP contribution in [0.15, 0.2) is 90.3 Å². The fraction of sp³-hybridized carbons (Fsp3) is 0.333. The van der Waals surface area contributed by atoms with E-state index >= 15 is 0 Å². The molecule has 2 aliphatic heterocycles. The highest BCUT2D eigenvalue weighted by Gasteiger charge is 2.22. The quantitative estimate of drug-likeness (QED) is 0.193. The van der Waals surface area contributed by atoms with Crippen molar-refractivity contribution >= 4 is 40.1 Å². The summed E-state index contributed by atoms with van der Waals surface area (Å²) in [5, 5.41) is 10.6. The van der Waals surface area contributed by atoms with Gasteiger partial charge in [-0.1, -0.05) is 32.9 Å². The number of allylic oxidation sites excluding steroid dienone is 4. The molecule has 236 valence electrons. The highest BCUT2D eigenvalue weighted by Crippen LogP contribution is 2.38. The topological polar surface area (TPSA) is 92.2 Å². The maximum absolute atomic E-state index is 9.69. The molecule has 2 aromatic carbocycles. The van der Waals surface area contributed by atoms with Crippen LogP contribution in [0.1, 0.15) is 53.0 Å². The van der Waals surface area contributed by atoms with Gasteiger partial charge in [0, 0.05) is 54.6 Å². The van der Waals surface area contributed by atoms with Crippen LogP contribution in [0.2, 0.25) is 0 Å². The van der Waals surface area contributed by atoms with Gasteiger partial charge in [0.15, 0.2) is 5.78 Å². The molecule has 3 heterocycles. The summed E-state index contributed by atoms with van der Waals surface area (Å²) in [6.45, 7) is 17.7. The maximum Gasteiger partial charge on any atom is 0.152 e. The van der Waals surface area contributed by atoms with Crippen molar-refractivity contribution in [2.75, 3.05) is 29.9 Å². The predicted molar refractivity (Wildman–Crippen MR) is 184 cm³/mol. The van der Waals surface area contributed by atoms with E-state index in [0.29, 0.717) is 12.5 Å². The van der Waals surface area contributed by atoms with Crippen LogP contribution in [-0.2, 0) is 4.79 Å². The summed E-state index contributed by atoms with van der Waals surface area (Å²) in [5.41, 5.74) is 4.86. The lowest BCUT2D eigenvalue weighted by Gasteiger charge is -2.25. The molecular weight excluding hydrogens is 564 g/mol. The van der Waals surface area contributed by atoms with Gasteiger partial charge in [-0.3, -0.25) is 4.79 Å². The van der Waals surface area contributed by atoms with Crippen molar-refractivity contribution in [1.29, 1.82) is 0 Å². The SMILES string of the molecule is C=CC(C)=O.CC=C1C=C(Oc2ccc(Nc3ncnc4cc5c(cc34)N(CCCC)CC(C)CO5)cc2C)C=CN1/N=C\C.